The largest absolute Gasteiger partial charge is 0.193 e. The van der Waals surface area contributed by atoms with Crippen LogP contribution in [-0.4, -0.2) is 0 Å². The van der Waals surface area contributed by atoms with E-state index in [1.165, 1.54) is 5.56 Å². The molecule has 0 N–H and O–H groups in total. The summed E-state index contributed by atoms with van der Waals surface area (Å²) < 4.78 is 0. The first-order valence-corrected chi connectivity index (χ1v) is 4.34. The fraction of sp³-hybridized carbons (Fsp3) is 0.250. The molecule has 66 valence electrons. The minimum atomic E-state index is 0.750. The minimum absolute atomic E-state index is 0.750. The lowest BCUT2D eigenvalue weighted by atomic mass is 10.0. The maximum atomic E-state index is 8.85. The average Bonchev–Trinajstić information content (AvgIpc) is 2.15. The lowest BCUT2D eigenvalue weighted by molar-refractivity contribution is 1.14. The Kier molecular flexibility index (Phi) is 3.28. The molecule has 1 aromatic carbocycles. The molecular formula is C12H13N. The van der Waals surface area contributed by atoms with Gasteiger partial charge in [-0.3, -0.25) is 0 Å². The quantitative estimate of drug-likeness (QED) is 0.627. The normalized spacial score (nSPS) is 9.00. The Morgan fingerprint density at radius 2 is 1.85 bits per heavy atom. The molecule has 0 aliphatic carbocycles. The fourth-order valence-electron chi connectivity index (χ4n) is 1.13. The van der Waals surface area contributed by atoms with Crippen molar-refractivity contribution in [1.82, 2.24) is 0 Å². The molecule has 0 aromatic heterocycles. The number of benzene rings is 1. The van der Waals surface area contributed by atoms with Crippen LogP contribution >= 0.6 is 0 Å². The van der Waals surface area contributed by atoms with E-state index in [1.54, 1.807) is 0 Å². The molecule has 1 nitrogen and oxygen atoms in total. The zero-order chi connectivity index (χ0) is 9.68. The van der Waals surface area contributed by atoms with Crippen molar-refractivity contribution in [1.29, 1.82) is 5.26 Å². The molecule has 13 heavy (non-hydrogen) atoms. The molecule has 0 saturated heterocycles. The SMILES string of the molecule is CC(C)=C(C#N)Cc1ccccc1. The van der Waals surface area contributed by atoms with Gasteiger partial charge in [-0.2, -0.15) is 5.26 Å². The van der Waals surface area contributed by atoms with Crippen LogP contribution in [0.5, 0.6) is 0 Å². The van der Waals surface area contributed by atoms with Gasteiger partial charge in [-0.15, -0.1) is 0 Å². The van der Waals surface area contributed by atoms with E-state index in [9.17, 15) is 0 Å². The van der Waals surface area contributed by atoms with E-state index in [0.29, 0.717) is 0 Å². The summed E-state index contributed by atoms with van der Waals surface area (Å²) in [6.45, 7) is 3.95. The summed E-state index contributed by atoms with van der Waals surface area (Å²) in [6.07, 6.45) is 0.750. The molecule has 0 unspecified atom stereocenters. The van der Waals surface area contributed by atoms with E-state index in [4.69, 9.17) is 5.26 Å². The number of rotatable bonds is 2. The second-order valence-electron chi connectivity index (χ2n) is 3.25. The summed E-state index contributed by atoms with van der Waals surface area (Å²) >= 11 is 0. The number of hydrogen-bond donors (Lipinski definition) is 0. The second-order valence-corrected chi connectivity index (χ2v) is 3.25. The molecule has 0 atom stereocenters. The Hall–Kier alpha value is -1.55. The lowest BCUT2D eigenvalue weighted by Gasteiger charge is -2.00. The topological polar surface area (TPSA) is 23.8 Å². The van der Waals surface area contributed by atoms with Crippen LogP contribution in [0.15, 0.2) is 41.5 Å². The zero-order valence-electron chi connectivity index (χ0n) is 8.04. The van der Waals surface area contributed by atoms with Crippen LogP contribution in [0.1, 0.15) is 19.4 Å². The van der Waals surface area contributed by atoms with Gasteiger partial charge in [0.15, 0.2) is 0 Å². The van der Waals surface area contributed by atoms with Gasteiger partial charge >= 0.3 is 0 Å². The van der Waals surface area contributed by atoms with Crippen molar-refractivity contribution in [2.75, 3.05) is 0 Å². The third-order valence-electron chi connectivity index (χ3n) is 1.96. The molecule has 0 spiro atoms. The van der Waals surface area contributed by atoms with E-state index in [0.717, 1.165) is 17.6 Å². The van der Waals surface area contributed by atoms with Crippen molar-refractivity contribution in [3.63, 3.8) is 0 Å². The number of nitrogens with zero attached hydrogens (tertiary/aromatic N) is 1. The van der Waals surface area contributed by atoms with Gasteiger partial charge in [0.2, 0.25) is 0 Å². The van der Waals surface area contributed by atoms with Crippen molar-refractivity contribution in [2.45, 2.75) is 20.3 Å². The molecule has 1 heteroatoms. The molecule has 0 aliphatic heterocycles. The van der Waals surface area contributed by atoms with Gasteiger partial charge in [0, 0.05) is 12.0 Å². The Balaban J connectivity index is 2.82. The number of hydrogen-bond acceptors (Lipinski definition) is 1. The Bertz CT molecular complexity index is 337. The molecule has 0 saturated carbocycles. The zero-order valence-corrected chi connectivity index (χ0v) is 8.04. The van der Waals surface area contributed by atoms with Crippen molar-refractivity contribution in [3.05, 3.63) is 47.0 Å². The van der Waals surface area contributed by atoms with Crippen molar-refractivity contribution in [3.8, 4) is 6.07 Å². The van der Waals surface area contributed by atoms with Crippen LogP contribution in [0.3, 0.4) is 0 Å². The van der Waals surface area contributed by atoms with Gasteiger partial charge in [0.05, 0.1) is 6.07 Å². The lowest BCUT2D eigenvalue weighted by Crippen LogP contribution is -1.89. The van der Waals surface area contributed by atoms with Crippen molar-refractivity contribution in [2.24, 2.45) is 0 Å². The van der Waals surface area contributed by atoms with Gasteiger partial charge < -0.3 is 0 Å². The van der Waals surface area contributed by atoms with Gasteiger partial charge in [-0.25, -0.2) is 0 Å². The van der Waals surface area contributed by atoms with Crippen LogP contribution in [0.2, 0.25) is 0 Å². The molecule has 0 fully saturated rings. The van der Waals surface area contributed by atoms with Crippen LogP contribution in [-0.2, 0) is 6.42 Å². The molecule has 1 aromatic rings. The molecule has 0 amide bonds. The average molecular weight is 171 g/mol. The summed E-state index contributed by atoms with van der Waals surface area (Å²) in [5, 5.41) is 8.85. The molecule has 0 heterocycles. The van der Waals surface area contributed by atoms with Crippen LogP contribution in [0.4, 0.5) is 0 Å². The predicted molar refractivity (Wildman–Crippen MR) is 54.1 cm³/mol. The van der Waals surface area contributed by atoms with E-state index in [2.05, 4.69) is 6.07 Å². The van der Waals surface area contributed by atoms with Crippen LogP contribution in [0.25, 0.3) is 0 Å². The number of allylic oxidation sites excluding steroid dienone is 2. The maximum Gasteiger partial charge on any atom is 0.0949 e. The third kappa shape index (κ3) is 2.76. The highest BCUT2D eigenvalue weighted by Crippen LogP contribution is 2.10. The highest BCUT2D eigenvalue weighted by molar-refractivity contribution is 5.32. The standard InChI is InChI=1S/C12H13N/c1-10(2)12(9-13)8-11-6-4-3-5-7-11/h3-7H,8H2,1-2H3. The third-order valence-corrected chi connectivity index (χ3v) is 1.96. The summed E-state index contributed by atoms with van der Waals surface area (Å²) in [5.41, 5.74) is 3.16. The van der Waals surface area contributed by atoms with E-state index in [-0.39, 0.29) is 0 Å². The van der Waals surface area contributed by atoms with Crippen LogP contribution < -0.4 is 0 Å². The van der Waals surface area contributed by atoms with Gasteiger partial charge in [-0.1, -0.05) is 35.9 Å². The molecule has 0 radical (unpaired) electrons. The number of nitriles is 1. The summed E-state index contributed by atoms with van der Waals surface area (Å²) in [6, 6.07) is 12.3. The summed E-state index contributed by atoms with van der Waals surface area (Å²) in [5.74, 6) is 0. The molecule has 0 aliphatic rings. The van der Waals surface area contributed by atoms with E-state index in [1.807, 2.05) is 44.2 Å². The Labute approximate surface area is 79.3 Å². The first-order valence-electron chi connectivity index (χ1n) is 4.34. The van der Waals surface area contributed by atoms with E-state index >= 15 is 0 Å². The summed E-state index contributed by atoms with van der Waals surface area (Å²) in [7, 11) is 0. The Morgan fingerprint density at radius 1 is 1.23 bits per heavy atom. The molecular weight excluding hydrogens is 158 g/mol. The van der Waals surface area contributed by atoms with Crippen molar-refractivity contribution < 1.29 is 0 Å². The summed E-state index contributed by atoms with van der Waals surface area (Å²) in [4.78, 5) is 0. The maximum absolute atomic E-state index is 8.85. The smallest absolute Gasteiger partial charge is 0.0949 e. The molecule has 1 rings (SSSR count). The van der Waals surface area contributed by atoms with Crippen LogP contribution in [0, 0.1) is 11.3 Å². The Morgan fingerprint density at radius 3 is 2.31 bits per heavy atom. The minimum Gasteiger partial charge on any atom is -0.193 e. The first-order chi connectivity index (χ1) is 6.24. The van der Waals surface area contributed by atoms with Gasteiger partial charge in [0.1, 0.15) is 0 Å². The van der Waals surface area contributed by atoms with Gasteiger partial charge in [-0.05, 0) is 19.4 Å². The molecule has 0 bridgehead atoms. The van der Waals surface area contributed by atoms with E-state index < -0.39 is 0 Å². The predicted octanol–water partition coefficient (Wildman–Crippen LogP) is 3.09. The first kappa shape index (κ1) is 9.54. The highest BCUT2D eigenvalue weighted by Gasteiger charge is 1.99. The van der Waals surface area contributed by atoms with Gasteiger partial charge in [0.25, 0.3) is 0 Å². The highest BCUT2D eigenvalue weighted by atomic mass is 14.2. The fourth-order valence-corrected chi connectivity index (χ4v) is 1.13. The van der Waals surface area contributed by atoms with Crippen molar-refractivity contribution >= 4 is 0 Å². The monoisotopic (exact) mass is 171 g/mol. The second kappa shape index (κ2) is 4.47.